The van der Waals surface area contributed by atoms with Crippen LogP contribution in [0.3, 0.4) is 0 Å². The van der Waals surface area contributed by atoms with Crippen molar-refractivity contribution < 1.29 is 19.1 Å². The van der Waals surface area contributed by atoms with E-state index in [9.17, 15) is 9.59 Å². The highest BCUT2D eigenvalue weighted by Crippen LogP contribution is 2.60. The monoisotopic (exact) mass is 250 g/mol. The number of cyclic esters (lactones) is 1. The lowest BCUT2D eigenvalue weighted by atomic mass is 9.71. The van der Waals surface area contributed by atoms with Crippen LogP contribution in [0.2, 0.25) is 0 Å². The molecular formula is C14H18O4. The molecule has 0 radical (unpaired) electrons. The lowest BCUT2D eigenvalue weighted by molar-refractivity contribution is -0.159. The minimum atomic E-state index is -0.358. The molecular weight excluding hydrogens is 232 g/mol. The molecule has 0 N–H and O–H groups in total. The summed E-state index contributed by atoms with van der Waals surface area (Å²) >= 11 is 0. The maximum Gasteiger partial charge on any atom is 0.333 e. The normalized spacial score (nSPS) is 41.2. The molecule has 1 heterocycles. The van der Waals surface area contributed by atoms with Crippen LogP contribution in [0.15, 0.2) is 12.2 Å². The van der Waals surface area contributed by atoms with Gasteiger partial charge in [-0.3, -0.25) is 4.79 Å². The first kappa shape index (κ1) is 11.8. The van der Waals surface area contributed by atoms with Crippen molar-refractivity contribution in [3.8, 4) is 0 Å². The van der Waals surface area contributed by atoms with Crippen LogP contribution in [-0.2, 0) is 19.1 Å². The Balaban J connectivity index is 1.78. The zero-order valence-corrected chi connectivity index (χ0v) is 10.6. The first-order chi connectivity index (χ1) is 8.53. The molecule has 0 aromatic carbocycles. The standard InChI is InChI=1S/C14H18O4/c1-8(2)12(15)18-11-6-9-5-10(11)14(7-9)3-4-17-13(14)16/h9-11H,1,3-7H2,2H3. The van der Waals surface area contributed by atoms with Gasteiger partial charge in [0.05, 0.1) is 12.0 Å². The van der Waals surface area contributed by atoms with Gasteiger partial charge in [-0.15, -0.1) is 0 Å². The Labute approximate surface area is 106 Å². The third-order valence-electron chi connectivity index (χ3n) is 4.76. The molecule has 98 valence electrons. The van der Waals surface area contributed by atoms with Crippen LogP contribution in [0.1, 0.15) is 32.6 Å². The number of carbonyl (C=O) groups is 2. The topological polar surface area (TPSA) is 52.6 Å². The van der Waals surface area contributed by atoms with Gasteiger partial charge in [0.2, 0.25) is 0 Å². The van der Waals surface area contributed by atoms with Crippen LogP contribution >= 0.6 is 0 Å². The van der Waals surface area contributed by atoms with Crippen LogP contribution in [-0.4, -0.2) is 24.6 Å². The molecule has 2 bridgehead atoms. The summed E-state index contributed by atoms with van der Waals surface area (Å²) in [7, 11) is 0. The summed E-state index contributed by atoms with van der Waals surface area (Å²) in [6, 6.07) is 0. The van der Waals surface area contributed by atoms with Crippen molar-refractivity contribution in [2.75, 3.05) is 6.61 Å². The molecule has 4 heteroatoms. The van der Waals surface area contributed by atoms with Crippen LogP contribution in [0, 0.1) is 17.3 Å². The molecule has 0 amide bonds. The third-order valence-corrected chi connectivity index (χ3v) is 4.76. The molecule has 1 spiro atoms. The van der Waals surface area contributed by atoms with E-state index in [-0.39, 0.29) is 29.4 Å². The van der Waals surface area contributed by atoms with Crippen molar-refractivity contribution in [2.45, 2.75) is 38.7 Å². The zero-order valence-electron chi connectivity index (χ0n) is 10.6. The zero-order chi connectivity index (χ0) is 12.9. The third kappa shape index (κ3) is 1.51. The fraction of sp³-hybridized carbons (Fsp3) is 0.714. The molecule has 4 nitrogen and oxygen atoms in total. The van der Waals surface area contributed by atoms with E-state index in [1.54, 1.807) is 6.92 Å². The molecule has 2 aliphatic carbocycles. The second kappa shape index (κ2) is 3.84. The Morgan fingerprint density at radius 1 is 1.50 bits per heavy atom. The highest BCUT2D eigenvalue weighted by molar-refractivity contribution is 5.87. The summed E-state index contributed by atoms with van der Waals surface area (Å²) in [5.41, 5.74) is 0.0592. The van der Waals surface area contributed by atoms with Gasteiger partial charge in [-0.2, -0.15) is 0 Å². The minimum absolute atomic E-state index is 0.0777. The maximum atomic E-state index is 12.0. The lowest BCUT2D eigenvalue weighted by Crippen LogP contribution is -2.41. The number of rotatable bonds is 2. The maximum absolute atomic E-state index is 12.0. The number of hydrogen-bond acceptors (Lipinski definition) is 4. The number of esters is 2. The van der Waals surface area contributed by atoms with Gasteiger partial charge in [-0.05, 0) is 38.5 Å². The quantitative estimate of drug-likeness (QED) is 0.554. The van der Waals surface area contributed by atoms with E-state index in [4.69, 9.17) is 9.47 Å². The SMILES string of the molecule is C=C(C)C(=O)OC1CC2CC1C1(CCOC1=O)C2. The summed E-state index contributed by atoms with van der Waals surface area (Å²) in [5.74, 6) is 0.240. The molecule has 3 rings (SSSR count). The predicted molar refractivity (Wildman–Crippen MR) is 63.5 cm³/mol. The van der Waals surface area contributed by atoms with Crippen molar-refractivity contribution in [3.05, 3.63) is 12.2 Å². The summed E-state index contributed by atoms with van der Waals surface area (Å²) in [4.78, 5) is 23.6. The van der Waals surface area contributed by atoms with E-state index in [0.717, 1.165) is 25.7 Å². The van der Waals surface area contributed by atoms with E-state index in [0.29, 0.717) is 18.1 Å². The summed E-state index contributed by atoms with van der Waals surface area (Å²) in [6.45, 7) is 5.76. The van der Waals surface area contributed by atoms with Crippen LogP contribution in [0.25, 0.3) is 0 Å². The Morgan fingerprint density at radius 3 is 2.83 bits per heavy atom. The van der Waals surface area contributed by atoms with Crippen LogP contribution < -0.4 is 0 Å². The summed E-state index contributed by atoms with van der Waals surface area (Å²) in [6.07, 6.45) is 3.45. The largest absolute Gasteiger partial charge is 0.465 e. The molecule has 2 saturated carbocycles. The Hall–Kier alpha value is -1.32. The van der Waals surface area contributed by atoms with Gasteiger partial charge in [0.1, 0.15) is 6.10 Å². The fourth-order valence-electron chi connectivity index (χ4n) is 3.98. The highest BCUT2D eigenvalue weighted by atomic mass is 16.6. The van der Waals surface area contributed by atoms with Crippen molar-refractivity contribution in [3.63, 3.8) is 0 Å². The van der Waals surface area contributed by atoms with E-state index < -0.39 is 0 Å². The number of carbonyl (C=O) groups excluding carboxylic acids is 2. The number of ether oxygens (including phenoxy) is 2. The van der Waals surface area contributed by atoms with Gasteiger partial charge in [0.25, 0.3) is 0 Å². The lowest BCUT2D eigenvalue weighted by Gasteiger charge is -2.34. The summed E-state index contributed by atoms with van der Waals surface area (Å²) in [5, 5.41) is 0. The first-order valence-corrected chi connectivity index (χ1v) is 6.56. The molecule has 0 aromatic rings. The van der Waals surface area contributed by atoms with Gasteiger partial charge < -0.3 is 9.47 Å². The highest BCUT2D eigenvalue weighted by Gasteiger charge is 2.63. The van der Waals surface area contributed by atoms with Crippen molar-refractivity contribution in [2.24, 2.45) is 17.3 Å². The second-order valence-electron chi connectivity index (χ2n) is 5.91. The number of hydrogen-bond donors (Lipinski definition) is 0. The Morgan fingerprint density at radius 2 is 2.28 bits per heavy atom. The van der Waals surface area contributed by atoms with E-state index in [2.05, 4.69) is 6.58 Å². The van der Waals surface area contributed by atoms with E-state index in [1.165, 1.54) is 0 Å². The molecule has 4 atom stereocenters. The van der Waals surface area contributed by atoms with E-state index >= 15 is 0 Å². The average Bonchev–Trinajstić information content (AvgIpc) is 2.95. The van der Waals surface area contributed by atoms with Gasteiger partial charge in [0, 0.05) is 11.5 Å². The Bertz CT molecular complexity index is 428. The minimum Gasteiger partial charge on any atom is -0.465 e. The van der Waals surface area contributed by atoms with Crippen LogP contribution in [0.5, 0.6) is 0 Å². The predicted octanol–water partition coefficient (Wildman–Crippen LogP) is 1.84. The molecule has 1 aliphatic heterocycles. The molecule has 4 unspecified atom stereocenters. The smallest absolute Gasteiger partial charge is 0.333 e. The molecule has 3 fully saturated rings. The van der Waals surface area contributed by atoms with Gasteiger partial charge >= 0.3 is 11.9 Å². The van der Waals surface area contributed by atoms with Crippen molar-refractivity contribution in [1.82, 2.24) is 0 Å². The molecule has 3 aliphatic rings. The van der Waals surface area contributed by atoms with Crippen molar-refractivity contribution >= 4 is 11.9 Å². The Kier molecular flexibility index (Phi) is 2.50. The fourth-order valence-corrected chi connectivity index (χ4v) is 3.98. The number of fused-ring (bicyclic) bond motifs is 3. The second-order valence-corrected chi connectivity index (χ2v) is 5.91. The van der Waals surface area contributed by atoms with Gasteiger partial charge in [-0.25, -0.2) is 4.79 Å². The van der Waals surface area contributed by atoms with Crippen LogP contribution in [0.4, 0.5) is 0 Å². The molecule has 1 saturated heterocycles. The molecule has 18 heavy (non-hydrogen) atoms. The molecule has 0 aromatic heterocycles. The summed E-state index contributed by atoms with van der Waals surface area (Å²) < 4.78 is 10.6. The van der Waals surface area contributed by atoms with Gasteiger partial charge in [0.15, 0.2) is 0 Å². The van der Waals surface area contributed by atoms with Crippen molar-refractivity contribution in [1.29, 1.82) is 0 Å². The average molecular weight is 250 g/mol. The first-order valence-electron chi connectivity index (χ1n) is 6.56. The van der Waals surface area contributed by atoms with E-state index in [1.807, 2.05) is 0 Å². The van der Waals surface area contributed by atoms with Gasteiger partial charge in [-0.1, -0.05) is 6.58 Å².